The largest absolute Gasteiger partial charge is 0.334 e. The molecule has 2 amide bonds. The van der Waals surface area contributed by atoms with Crippen molar-refractivity contribution in [1.82, 2.24) is 20.1 Å². The molecule has 1 aliphatic heterocycles. The van der Waals surface area contributed by atoms with E-state index in [9.17, 15) is 4.79 Å². The van der Waals surface area contributed by atoms with E-state index in [1.54, 1.807) is 22.9 Å². The van der Waals surface area contributed by atoms with Crippen LogP contribution in [0.15, 0.2) is 53.7 Å². The molecule has 2 aromatic rings. The number of aromatic nitrogens is 1. The Bertz CT molecular complexity index is 740. The van der Waals surface area contributed by atoms with Crippen molar-refractivity contribution in [3.63, 3.8) is 0 Å². The van der Waals surface area contributed by atoms with Crippen molar-refractivity contribution in [3.8, 4) is 0 Å². The predicted molar refractivity (Wildman–Crippen MR) is 111 cm³/mol. The van der Waals surface area contributed by atoms with E-state index in [-0.39, 0.29) is 12.1 Å². The lowest BCUT2D eigenvalue weighted by atomic mass is 10.1. The molecule has 1 aromatic heterocycles. The highest BCUT2D eigenvalue weighted by molar-refractivity contribution is 7.98. The Balaban J connectivity index is 1.50. The fraction of sp³-hybridized carbons (Fsp3) is 0.429. The second-order valence-corrected chi connectivity index (χ2v) is 7.97. The molecule has 1 aliphatic rings. The quantitative estimate of drug-likeness (QED) is 0.773. The first-order valence-electron chi connectivity index (χ1n) is 9.40. The van der Waals surface area contributed by atoms with Gasteiger partial charge >= 0.3 is 6.03 Å². The van der Waals surface area contributed by atoms with E-state index in [1.807, 2.05) is 25.4 Å². The summed E-state index contributed by atoms with van der Waals surface area (Å²) < 4.78 is 0. The third-order valence-electron chi connectivity index (χ3n) is 4.86. The highest BCUT2D eigenvalue weighted by Gasteiger charge is 2.22. The van der Waals surface area contributed by atoms with Crippen LogP contribution in [0.2, 0.25) is 0 Å². The molecule has 0 radical (unpaired) electrons. The molecule has 1 atom stereocenters. The summed E-state index contributed by atoms with van der Waals surface area (Å²) in [5, 5.41) is 3.21. The van der Waals surface area contributed by atoms with Gasteiger partial charge in [-0.05, 0) is 55.0 Å². The lowest BCUT2D eigenvalue weighted by molar-refractivity contribution is 0.167. The van der Waals surface area contributed by atoms with Gasteiger partial charge in [-0.15, -0.1) is 11.8 Å². The van der Waals surface area contributed by atoms with Crippen LogP contribution in [0.4, 0.5) is 4.79 Å². The van der Waals surface area contributed by atoms with Crippen molar-refractivity contribution in [2.45, 2.75) is 36.9 Å². The monoisotopic (exact) mass is 384 g/mol. The number of piperidine rings is 1. The van der Waals surface area contributed by atoms with Gasteiger partial charge in [-0.2, -0.15) is 0 Å². The Morgan fingerprint density at radius 3 is 2.96 bits per heavy atom. The minimum absolute atomic E-state index is 0.00205. The highest BCUT2D eigenvalue weighted by Crippen LogP contribution is 2.17. The molecule has 2 heterocycles. The second kappa shape index (κ2) is 9.76. The average molecular weight is 385 g/mol. The molecule has 0 bridgehead atoms. The summed E-state index contributed by atoms with van der Waals surface area (Å²) in [6.45, 7) is 3.46. The zero-order valence-electron chi connectivity index (χ0n) is 16.1. The van der Waals surface area contributed by atoms with Gasteiger partial charge in [-0.25, -0.2) is 4.79 Å². The lowest BCUT2D eigenvalue weighted by Crippen LogP contribution is -2.50. The molecule has 1 aromatic carbocycles. The third kappa shape index (κ3) is 5.97. The van der Waals surface area contributed by atoms with Gasteiger partial charge in [-0.1, -0.05) is 18.2 Å². The van der Waals surface area contributed by atoms with Crippen LogP contribution in [-0.4, -0.2) is 53.2 Å². The van der Waals surface area contributed by atoms with Crippen molar-refractivity contribution >= 4 is 17.8 Å². The van der Waals surface area contributed by atoms with Crippen LogP contribution in [0.25, 0.3) is 0 Å². The van der Waals surface area contributed by atoms with Crippen LogP contribution in [0.5, 0.6) is 0 Å². The summed E-state index contributed by atoms with van der Waals surface area (Å²) in [6, 6.07) is 12.6. The summed E-state index contributed by atoms with van der Waals surface area (Å²) in [4.78, 5) is 22.2. The van der Waals surface area contributed by atoms with Gasteiger partial charge in [0.15, 0.2) is 0 Å². The molecule has 1 N–H and O–H groups in total. The molecule has 0 aliphatic carbocycles. The molecule has 5 nitrogen and oxygen atoms in total. The zero-order valence-corrected chi connectivity index (χ0v) is 16.9. The van der Waals surface area contributed by atoms with Crippen molar-refractivity contribution in [1.29, 1.82) is 0 Å². The summed E-state index contributed by atoms with van der Waals surface area (Å²) in [5.74, 6) is 0. The molecule has 6 heteroatoms. The number of hydrogen-bond donors (Lipinski definition) is 1. The smallest absolute Gasteiger partial charge is 0.317 e. The Kier molecular flexibility index (Phi) is 7.12. The fourth-order valence-electron chi connectivity index (χ4n) is 3.47. The first kappa shape index (κ1) is 19.7. The molecule has 27 heavy (non-hydrogen) atoms. The number of rotatable bonds is 6. The molecule has 1 fully saturated rings. The molecule has 3 rings (SSSR count). The normalized spacial score (nSPS) is 17.5. The number of likely N-dealkylation sites (tertiary alicyclic amines) is 1. The number of hydrogen-bond acceptors (Lipinski definition) is 4. The number of carbonyl (C=O) groups is 1. The molecule has 0 unspecified atom stereocenters. The van der Waals surface area contributed by atoms with Crippen molar-refractivity contribution in [3.05, 3.63) is 59.9 Å². The van der Waals surface area contributed by atoms with Crippen LogP contribution in [0.1, 0.15) is 24.0 Å². The highest BCUT2D eigenvalue weighted by atomic mass is 32.2. The standard InChI is InChI=1S/C21H28N4OS/c1-24(14-17-6-3-9-20(12-17)27-2)21(26)23-19-8-5-11-25(16-19)15-18-7-4-10-22-13-18/h3-4,6-7,9-10,12-13,19H,5,8,11,14-16H2,1-2H3,(H,23,26)/t19-/m1/s1. The van der Waals surface area contributed by atoms with Crippen LogP contribution in [0.3, 0.4) is 0 Å². The van der Waals surface area contributed by atoms with Gasteiger partial charge in [-0.3, -0.25) is 9.88 Å². The van der Waals surface area contributed by atoms with Crippen LogP contribution < -0.4 is 5.32 Å². The molecular weight excluding hydrogens is 356 g/mol. The number of thioether (sulfide) groups is 1. The van der Waals surface area contributed by atoms with E-state index in [0.717, 1.165) is 38.0 Å². The van der Waals surface area contributed by atoms with Crippen LogP contribution >= 0.6 is 11.8 Å². The molecule has 144 valence electrons. The zero-order chi connectivity index (χ0) is 19.1. The summed E-state index contributed by atoms with van der Waals surface area (Å²) in [6.07, 6.45) is 7.91. The molecular formula is C21H28N4OS. The van der Waals surface area contributed by atoms with Crippen molar-refractivity contribution < 1.29 is 4.79 Å². The number of carbonyl (C=O) groups excluding carboxylic acids is 1. The van der Waals surface area contributed by atoms with Crippen molar-refractivity contribution in [2.24, 2.45) is 0 Å². The first-order chi connectivity index (χ1) is 13.1. The van der Waals surface area contributed by atoms with E-state index >= 15 is 0 Å². The van der Waals surface area contributed by atoms with Gasteiger partial charge in [0.25, 0.3) is 0 Å². The van der Waals surface area contributed by atoms with Gasteiger partial charge in [0.05, 0.1) is 0 Å². The van der Waals surface area contributed by atoms with E-state index < -0.39 is 0 Å². The fourth-order valence-corrected chi connectivity index (χ4v) is 3.95. The Morgan fingerprint density at radius 1 is 1.33 bits per heavy atom. The molecule has 0 saturated carbocycles. The number of amides is 2. The minimum atomic E-state index is -0.00205. The van der Waals surface area contributed by atoms with Crippen molar-refractivity contribution in [2.75, 3.05) is 26.4 Å². The Hall–Kier alpha value is -2.05. The maximum Gasteiger partial charge on any atom is 0.317 e. The van der Waals surface area contributed by atoms with E-state index in [2.05, 4.69) is 45.7 Å². The number of benzene rings is 1. The van der Waals surface area contributed by atoms with E-state index in [0.29, 0.717) is 6.54 Å². The van der Waals surface area contributed by atoms with E-state index in [4.69, 9.17) is 0 Å². The van der Waals surface area contributed by atoms with Gasteiger partial charge < -0.3 is 10.2 Å². The maximum absolute atomic E-state index is 12.6. The van der Waals surface area contributed by atoms with Gasteiger partial charge in [0.1, 0.15) is 0 Å². The third-order valence-corrected chi connectivity index (χ3v) is 5.59. The maximum atomic E-state index is 12.6. The Morgan fingerprint density at radius 2 is 2.19 bits per heavy atom. The minimum Gasteiger partial charge on any atom is -0.334 e. The Labute approximate surface area is 166 Å². The van der Waals surface area contributed by atoms with Crippen LogP contribution in [0, 0.1) is 0 Å². The number of nitrogens with zero attached hydrogens (tertiary/aromatic N) is 3. The second-order valence-electron chi connectivity index (χ2n) is 7.09. The predicted octanol–water partition coefficient (Wildman–Crippen LogP) is 3.61. The molecule has 0 spiro atoms. The lowest BCUT2D eigenvalue weighted by Gasteiger charge is -2.34. The number of nitrogens with one attached hydrogen (secondary N) is 1. The summed E-state index contributed by atoms with van der Waals surface area (Å²) in [7, 11) is 1.86. The number of pyridine rings is 1. The molecule has 1 saturated heterocycles. The van der Waals surface area contributed by atoms with Crippen LogP contribution in [-0.2, 0) is 13.1 Å². The SMILES string of the molecule is CSc1cccc(CN(C)C(=O)N[C@@H]2CCCN(Cc3cccnc3)C2)c1. The topological polar surface area (TPSA) is 48.5 Å². The summed E-state index contributed by atoms with van der Waals surface area (Å²) >= 11 is 1.72. The van der Waals surface area contributed by atoms with Gasteiger partial charge in [0.2, 0.25) is 0 Å². The average Bonchev–Trinajstić information content (AvgIpc) is 2.69. The van der Waals surface area contributed by atoms with Gasteiger partial charge in [0, 0.05) is 50.0 Å². The number of urea groups is 1. The first-order valence-corrected chi connectivity index (χ1v) is 10.6. The van der Waals surface area contributed by atoms with E-state index in [1.165, 1.54) is 10.5 Å². The summed E-state index contributed by atoms with van der Waals surface area (Å²) in [5.41, 5.74) is 2.37.